The molecular formula is C10H11BrO3. The fraction of sp³-hybridized carbons (Fsp3) is 0.300. The first-order valence-corrected chi connectivity index (χ1v) is 5.05. The molecule has 1 unspecified atom stereocenters. The third-order valence-electron chi connectivity index (χ3n) is 1.91. The molecule has 0 aliphatic rings. The molecule has 1 aromatic rings. The zero-order valence-corrected chi connectivity index (χ0v) is 9.28. The van der Waals surface area contributed by atoms with Crippen LogP contribution in [0.1, 0.15) is 22.9 Å². The van der Waals surface area contributed by atoms with Gasteiger partial charge in [-0.2, -0.15) is 0 Å². The van der Waals surface area contributed by atoms with Crippen LogP contribution in [-0.2, 0) is 11.4 Å². The number of benzene rings is 1. The van der Waals surface area contributed by atoms with E-state index in [0.717, 1.165) is 0 Å². The Kier molecular flexibility index (Phi) is 3.66. The molecule has 0 bridgehead atoms. The largest absolute Gasteiger partial charge is 0.508 e. The molecule has 3 nitrogen and oxygen atoms in total. The van der Waals surface area contributed by atoms with Crippen LogP contribution in [-0.4, -0.2) is 16.0 Å². The number of phenolic OH excluding ortho intramolecular Hbond substituents is 1. The summed E-state index contributed by atoms with van der Waals surface area (Å²) in [5.41, 5.74) is 1.14. The normalized spacial score (nSPS) is 12.5. The molecule has 0 amide bonds. The summed E-state index contributed by atoms with van der Waals surface area (Å²) in [5.74, 6) is -0.0503. The van der Waals surface area contributed by atoms with Gasteiger partial charge in [-0.1, -0.05) is 28.1 Å². The lowest BCUT2D eigenvalue weighted by molar-refractivity contribution is -0.116. The maximum Gasteiger partial charge on any atom is 0.147 e. The van der Waals surface area contributed by atoms with Gasteiger partial charge in [0.2, 0.25) is 0 Å². The van der Waals surface area contributed by atoms with Crippen molar-refractivity contribution in [3.05, 3.63) is 29.3 Å². The van der Waals surface area contributed by atoms with Crippen LogP contribution in [0.2, 0.25) is 0 Å². The molecule has 1 aromatic carbocycles. The van der Waals surface area contributed by atoms with Gasteiger partial charge in [-0.05, 0) is 18.6 Å². The molecular weight excluding hydrogens is 248 g/mol. The number of aliphatic hydroxyl groups excluding tert-OH is 1. The maximum atomic E-state index is 11.0. The molecule has 0 heterocycles. The van der Waals surface area contributed by atoms with E-state index in [1.807, 2.05) is 0 Å². The van der Waals surface area contributed by atoms with Crippen LogP contribution in [0.3, 0.4) is 0 Å². The third-order valence-corrected chi connectivity index (χ3v) is 3.05. The molecule has 0 spiro atoms. The number of ketones is 1. The Bertz CT molecular complexity index is 349. The Morgan fingerprint density at radius 1 is 1.57 bits per heavy atom. The second kappa shape index (κ2) is 4.57. The smallest absolute Gasteiger partial charge is 0.147 e. The SMILES string of the molecule is CC(=O)C(Br)c1ccc(CO)cc1O. The number of carbonyl (C=O) groups excluding carboxylic acids is 1. The Morgan fingerprint density at radius 2 is 2.21 bits per heavy atom. The van der Waals surface area contributed by atoms with Crippen LogP contribution in [0.15, 0.2) is 18.2 Å². The minimum Gasteiger partial charge on any atom is -0.508 e. The van der Waals surface area contributed by atoms with E-state index >= 15 is 0 Å². The highest BCUT2D eigenvalue weighted by Gasteiger charge is 2.16. The number of hydrogen-bond donors (Lipinski definition) is 2. The first-order chi connectivity index (χ1) is 6.56. The summed E-state index contributed by atoms with van der Waals surface area (Å²) < 4.78 is 0. The van der Waals surface area contributed by atoms with Crippen molar-refractivity contribution in [1.29, 1.82) is 0 Å². The number of phenols is 1. The fourth-order valence-corrected chi connectivity index (χ4v) is 1.51. The lowest BCUT2D eigenvalue weighted by atomic mass is 10.1. The monoisotopic (exact) mass is 258 g/mol. The topological polar surface area (TPSA) is 57.5 Å². The fourth-order valence-electron chi connectivity index (χ4n) is 1.12. The van der Waals surface area contributed by atoms with Crippen LogP contribution in [0.25, 0.3) is 0 Å². The number of aliphatic hydroxyl groups is 1. The Hall–Kier alpha value is -0.870. The summed E-state index contributed by atoms with van der Waals surface area (Å²) in [4.78, 5) is 10.6. The van der Waals surface area contributed by atoms with E-state index < -0.39 is 4.83 Å². The van der Waals surface area contributed by atoms with Crippen molar-refractivity contribution < 1.29 is 15.0 Å². The van der Waals surface area contributed by atoms with Crippen molar-refractivity contribution in [3.8, 4) is 5.75 Å². The van der Waals surface area contributed by atoms with Gasteiger partial charge >= 0.3 is 0 Å². The second-order valence-corrected chi connectivity index (χ2v) is 3.94. The first-order valence-electron chi connectivity index (χ1n) is 4.13. The van der Waals surface area contributed by atoms with Gasteiger partial charge in [0.25, 0.3) is 0 Å². The molecule has 1 atom stereocenters. The zero-order chi connectivity index (χ0) is 10.7. The van der Waals surface area contributed by atoms with Crippen LogP contribution >= 0.6 is 15.9 Å². The minimum atomic E-state index is -0.491. The van der Waals surface area contributed by atoms with Gasteiger partial charge in [-0.3, -0.25) is 4.79 Å². The molecule has 0 saturated heterocycles. The molecule has 0 radical (unpaired) electrons. The zero-order valence-electron chi connectivity index (χ0n) is 7.70. The van der Waals surface area contributed by atoms with Crippen molar-refractivity contribution in [2.75, 3.05) is 0 Å². The lowest BCUT2D eigenvalue weighted by Crippen LogP contribution is -2.01. The standard InChI is InChI=1S/C10H11BrO3/c1-6(13)10(11)8-3-2-7(5-12)4-9(8)14/h2-4,10,12,14H,5H2,1H3. The first kappa shape index (κ1) is 11.2. The van der Waals surface area contributed by atoms with E-state index in [9.17, 15) is 9.90 Å². The van der Waals surface area contributed by atoms with Crippen LogP contribution in [0, 0.1) is 0 Å². The number of halogens is 1. The molecule has 76 valence electrons. The summed E-state index contributed by atoms with van der Waals surface area (Å²) in [7, 11) is 0. The lowest BCUT2D eigenvalue weighted by Gasteiger charge is -2.09. The summed E-state index contributed by atoms with van der Waals surface area (Å²) in [6, 6.07) is 4.75. The third kappa shape index (κ3) is 2.33. The van der Waals surface area contributed by atoms with Crippen LogP contribution in [0.5, 0.6) is 5.75 Å². The molecule has 0 aromatic heterocycles. The van der Waals surface area contributed by atoms with Gasteiger partial charge in [0.05, 0.1) is 6.61 Å². The Morgan fingerprint density at radius 3 is 2.64 bits per heavy atom. The van der Waals surface area contributed by atoms with Crippen LogP contribution in [0.4, 0.5) is 0 Å². The van der Waals surface area contributed by atoms with Crippen molar-refractivity contribution in [2.45, 2.75) is 18.4 Å². The quantitative estimate of drug-likeness (QED) is 0.815. The number of rotatable bonds is 3. The van der Waals surface area contributed by atoms with Gasteiger partial charge in [-0.25, -0.2) is 0 Å². The molecule has 0 aliphatic heterocycles. The summed E-state index contributed by atoms with van der Waals surface area (Å²) in [6.45, 7) is 1.32. The van der Waals surface area contributed by atoms with Crippen molar-refractivity contribution in [2.24, 2.45) is 0 Å². The van der Waals surface area contributed by atoms with Crippen molar-refractivity contribution in [3.63, 3.8) is 0 Å². The van der Waals surface area contributed by atoms with Gasteiger partial charge < -0.3 is 10.2 Å². The number of alkyl halides is 1. The summed E-state index contributed by atoms with van der Waals surface area (Å²) in [6.07, 6.45) is 0. The van der Waals surface area contributed by atoms with E-state index in [1.165, 1.54) is 13.0 Å². The molecule has 0 saturated carbocycles. The van der Waals surface area contributed by atoms with Gasteiger partial charge in [-0.15, -0.1) is 0 Å². The average molecular weight is 259 g/mol. The Balaban J connectivity index is 3.05. The highest BCUT2D eigenvalue weighted by Crippen LogP contribution is 2.31. The minimum absolute atomic E-state index is 0.0219. The number of hydrogen-bond acceptors (Lipinski definition) is 3. The molecule has 4 heteroatoms. The molecule has 0 fully saturated rings. The van der Waals surface area contributed by atoms with E-state index in [0.29, 0.717) is 11.1 Å². The predicted molar refractivity (Wildman–Crippen MR) is 56.4 cm³/mol. The highest BCUT2D eigenvalue weighted by atomic mass is 79.9. The molecule has 0 aliphatic carbocycles. The van der Waals surface area contributed by atoms with E-state index in [-0.39, 0.29) is 18.1 Å². The van der Waals surface area contributed by atoms with Gasteiger partial charge in [0.1, 0.15) is 16.4 Å². The van der Waals surface area contributed by atoms with Crippen molar-refractivity contribution >= 4 is 21.7 Å². The van der Waals surface area contributed by atoms with E-state index in [4.69, 9.17) is 5.11 Å². The van der Waals surface area contributed by atoms with E-state index in [1.54, 1.807) is 12.1 Å². The number of carbonyl (C=O) groups is 1. The average Bonchev–Trinajstić information content (AvgIpc) is 2.16. The van der Waals surface area contributed by atoms with Gasteiger partial charge in [0, 0.05) is 5.56 Å². The summed E-state index contributed by atoms with van der Waals surface area (Å²) >= 11 is 3.18. The maximum absolute atomic E-state index is 11.0. The van der Waals surface area contributed by atoms with Gasteiger partial charge in [0.15, 0.2) is 0 Å². The molecule has 14 heavy (non-hydrogen) atoms. The number of Topliss-reactive ketones (excluding diaryl/α,β-unsaturated/α-hetero) is 1. The molecule has 2 N–H and O–H groups in total. The number of aromatic hydroxyl groups is 1. The van der Waals surface area contributed by atoms with Crippen molar-refractivity contribution in [1.82, 2.24) is 0 Å². The molecule has 1 rings (SSSR count). The summed E-state index contributed by atoms with van der Waals surface area (Å²) in [5, 5.41) is 18.4. The van der Waals surface area contributed by atoms with Crippen LogP contribution < -0.4 is 0 Å². The van der Waals surface area contributed by atoms with E-state index in [2.05, 4.69) is 15.9 Å². The predicted octanol–water partition coefficient (Wildman–Crippen LogP) is 1.91. The Labute approximate surface area is 90.5 Å². The highest BCUT2D eigenvalue weighted by molar-refractivity contribution is 9.09. The second-order valence-electron chi connectivity index (χ2n) is 3.02.